The van der Waals surface area contributed by atoms with E-state index in [0.29, 0.717) is 6.42 Å². The average Bonchev–Trinajstić information content (AvgIpc) is 2.80. The third kappa shape index (κ3) is 4.93. The van der Waals surface area contributed by atoms with Crippen molar-refractivity contribution < 1.29 is 16.8 Å². The Morgan fingerprint density at radius 2 is 1.21 bits per heavy atom. The van der Waals surface area contributed by atoms with E-state index in [4.69, 9.17) is 0 Å². The molecule has 6 nitrogen and oxygen atoms in total. The normalized spacial score (nSPS) is 18.3. The van der Waals surface area contributed by atoms with Crippen molar-refractivity contribution in [2.24, 2.45) is 0 Å². The molecule has 0 amide bonds. The number of hydrogen-bond acceptors (Lipinski definition) is 4. The summed E-state index contributed by atoms with van der Waals surface area (Å²) >= 11 is 3.41. The summed E-state index contributed by atoms with van der Waals surface area (Å²) < 4.78 is 57.5. The summed E-state index contributed by atoms with van der Waals surface area (Å²) in [6.45, 7) is 3.73. The molecule has 9 heteroatoms. The number of aryl methyl sites for hydroxylation is 2. The van der Waals surface area contributed by atoms with Crippen molar-refractivity contribution in [2.45, 2.75) is 36.1 Å². The predicted molar refractivity (Wildman–Crippen MR) is 132 cm³/mol. The van der Waals surface area contributed by atoms with Crippen LogP contribution in [0.15, 0.2) is 87.1 Å². The lowest BCUT2D eigenvalue weighted by Crippen LogP contribution is -2.50. The number of halogens is 1. The van der Waals surface area contributed by atoms with E-state index in [-0.39, 0.29) is 23.0 Å². The molecule has 1 heterocycles. The first-order chi connectivity index (χ1) is 15.6. The van der Waals surface area contributed by atoms with Gasteiger partial charge in [0.1, 0.15) is 0 Å². The SMILES string of the molecule is Cc1ccc(S(=O)(=O)N2CCC(c3ccc(Br)cc3)N(S(=O)(=O)c3ccc(C)cc3)C2)cc1. The fraction of sp³-hybridized carbons (Fsp3) is 0.250. The Kier molecular flexibility index (Phi) is 6.80. The molecule has 1 aliphatic heterocycles. The largest absolute Gasteiger partial charge is 0.244 e. The Labute approximate surface area is 204 Å². The fourth-order valence-electron chi connectivity index (χ4n) is 3.90. The molecule has 33 heavy (non-hydrogen) atoms. The van der Waals surface area contributed by atoms with Gasteiger partial charge in [-0.2, -0.15) is 8.61 Å². The van der Waals surface area contributed by atoms with E-state index in [0.717, 1.165) is 21.2 Å². The molecule has 1 aliphatic rings. The van der Waals surface area contributed by atoms with Gasteiger partial charge in [0, 0.05) is 11.0 Å². The molecular formula is C24H25BrN2O4S2. The van der Waals surface area contributed by atoms with Gasteiger partial charge < -0.3 is 0 Å². The fourth-order valence-corrected chi connectivity index (χ4v) is 7.24. The van der Waals surface area contributed by atoms with Crippen molar-refractivity contribution in [1.82, 2.24) is 8.61 Å². The number of sulfonamides is 2. The minimum Gasteiger partial charge on any atom is -0.207 e. The van der Waals surface area contributed by atoms with Crippen LogP contribution in [0.25, 0.3) is 0 Å². The molecular weight excluding hydrogens is 524 g/mol. The van der Waals surface area contributed by atoms with E-state index in [9.17, 15) is 16.8 Å². The molecule has 174 valence electrons. The Hall–Kier alpha value is -2.04. The summed E-state index contributed by atoms with van der Waals surface area (Å²) in [7, 11) is -7.81. The Morgan fingerprint density at radius 1 is 0.727 bits per heavy atom. The van der Waals surface area contributed by atoms with E-state index < -0.39 is 26.1 Å². The van der Waals surface area contributed by atoms with Crippen molar-refractivity contribution in [1.29, 1.82) is 0 Å². The molecule has 0 N–H and O–H groups in total. The van der Waals surface area contributed by atoms with Gasteiger partial charge in [0.25, 0.3) is 0 Å². The summed E-state index contributed by atoms with van der Waals surface area (Å²) in [5, 5.41) is 0. The van der Waals surface area contributed by atoms with Gasteiger partial charge >= 0.3 is 0 Å². The van der Waals surface area contributed by atoms with E-state index in [2.05, 4.69) is 15.9 Å². The minimum atomic E-state index is -3.95. The van der Waals surface area contributed by atoms with Crippen LogP contribution in [-0.4, -0.2) is 38.7 Å². The molecule has 0 aliphatic carbocycles. The zero-order valence-corrected chi connectivity index (χ0v) is 21.6. The number of nitrogens with zero attached hydrogens (tertiary/aromatic N) is 2. The number of benzene rings is 3. The average molecular weight is 550 g/mol. The topological polar surface area (TPSA) is 74.8 Å². The van der Waals surface area contributed by atoms with Crippen molar-refractivity contribution in [3.05, 3.63) is 94.0 Å². The molecule has 3 aromatic carbocycles. The zero-order valence-electron chi connectivity index (χ0n) is 18.3. The molecule has 1 atom stereocenters. The molecule has 1 unspecified atom stereocenters. The monoisotopic (exact) mass is 548 g/mol. The lowest BCUT2D eigenvalue weighted by molar-refractivity contribution is 0.170. The van der Waals surface area contributed by atoms with Gasteiger partial charge in [0.2, 0.25) is 20.0 Å². The third-order valence-electron chi connectivity index (χ3n) is 5.84. The smallest absolute Gasteiger partial charge is 0.207 e. The highest BCUT2D eigenvalue weighted by Gasteiger charge is 2.41. The zero-order chi connectivity index (χ0) is 23.8. The van der Waals surface area contributed by atoms with Crippen LogP contribution in [0.5, 0.6) is 0 Å². The molecule has 4 rings (SSSR count). The first kappa shape index (κ1) is 24.1. The second kappa shape index (κ2) is 9.31. The van der Waals surface area contributed by atoms with Gasteiger partial charge in [-0.1, -0.05) is 63.5 Å². The second-order valence-electron chi connectivity index (χ2n) is 8.20. The number of hydrogen-bond donors (Lipinski definition) is 0. The van der Waals surface area contributed by atoms with E-state index in [1.807, 2.05) is 38.1 Å². The second-order valence-corrected chi connectivity index (χ2v) is 12.9. The summed E-state index contributed by atoms with van der Waals surface area (Å²) in [6, 6.07) is 20.2. The lowest BCUT2D eigenvalue weighted by atomic mass is 10.0. The van der Waals surface area contributed by atoms with E-state index >= 15 is 0 Å². The lowest BCUT2D eigenvalue weighted by Gasteiger charge is -2.40. The van der Waals surface area contributed by atoms with Crippen LogP contribution in [0, 0.1) is 13.8 Å². The number of rotatable bonds is 5. The van der Waals surface area contributed by atoms with Gasteiger partial charge in [-0.3, -0.25) is 0 Å². The Bertz CT molecular complexity index is 1340. The molecule has 0 radical (unpaired) electrons. The molecule has 1 saturated heterocycles. The van der Waals surface area contributed by atoms with Crippen LogP contribution >= 0.6 is 15.9 Å². The highest BCUT2D eigenvalue weighted by Crippen LogP contribution is 2.36. The highest BCUT2D eigenvalue weighted by atomic mass is 79.9. The van der Waals surface area contributed by atoms with Crippen LogP contribution in [0.4, 0.5) is 0 Å². The van der Waals surface area contributed by atoms with Crippen LogP contribution in [0.3, 0.4) is 0 Å². The van der Waals surface area contributed by atoms with E-state index in [1.165, 1.54) is 8.61 Å². The van der Waals surface area contributed by atoms with Gasteiger partial charge in [0.05, 0.1) is 22.5 Å². The summed E-state index contributed by atoms with van der Waals surface area (Å²) in [4.78, 5) is 0.299. The highest BCUT2D eigenvalue weighted by molar-refractivity contribution is 9.10. The quantitative estimate of drug-likeness (QED) is 0.456. The first-order valence-corrected chi connectivity index (χ1v) is 14.2. The van der Waals surface area contributed by atoms with Crippen molar-refractivity contribution in [3.8, 4) is 0 Å². The predicted octanol–water partition coefficient (Wildman–Crippen LogP) is 4.85. The minimum absolute atomic E-state index is 0.143. The van der Waals surface area contributed by atoms with Gasteiger partial charge in [-0.15, -0.1) is 0 Å². The van der Waals surface area contributed by atoms with Crippen LogP contribution in [-0.2, 0) is 20.0 Å². The van der Waals surface area contributed by atoms with E-state index in [1.54, 1.807) is 48.5 Å². The molecule has 3 aromatic rings. The maximum Gasteiger partial charge on any atom is 0.244 e. The van der Waals surface area contributed by atoms with Crippen molar-refractivity contribution >= 4 is 36.0 Å². The molecule has 1 fully saturated rings. The van der Waals surface area contributed by atoms with Gasteiger partial charge in [-0.25, -0.2) is 16.8 Å². The molecule has 0 spiro atoms. The maximum absolute atomic E-state index is 13.7. The molecule has 0 aromatic heterocycles. The van der Waals surface area contributed by atoms with Crippen LogP contribution in [0.1, 0.15) is 29.2 Å². The standard InChI is InChI=1S/C24H25BrN2O4S2/c1-18-3-11-22(12-4-18)32(28,29)26-16-15-24(20-7-9-21(25)10-8-20)27(17-26)33(30,31)23-13-5-19(2)6-14-23/h3-14,24H,15-17H2,1-2H3. The molecule has 0 bridgehead atoms. The summed E-state index contributed by atoms with van der Waals surface area (Å²) in [5.74, 6) is 0. The first-order valence-electron chi connectivity index (χ1n) is 10.5. The molecule has 0 saturated carbocycles. The maximum atomic E-state index is 13.7. The van der Waals surface area contributed by atoms with Crippen LogP contribution in [0.2, 0.25) is 0 Å². The summed E-state index contributed by atoms with van der Waals surface area (Å²) in [6.07, 6.45) is 0.345. The third-order valence-corrected chi connectivity index (χ3v) is 10.1. The van der Waals surface area contributed by atoms with Gasteiger partial charge in [-0.05, 0) is 62.2 Å². The summed E-state index contributed by atoms with van der Waals surface area (Å²) in [5.41, 5.74) is 2.72. The van der Waals surface area contributed by atoms with Crippen LogP contribution < -0.4 is 0 Å². The van der Waals surface area contributed by atoms with Crippen molar-refractivity contribution in [2.75, 3.05) is 13.2 Å². The van der Waals surface area contributed by atoms with Crippen molar-refractivity contribution in [3.63, 3.8) is 0 Å². The Balaban J connectivity index is 1.75. The Morgan fingerprint density at radius 3 is 1.73 bits per heavy atom. The van der Waals surface area contributed by atoms with Gasteiger partial charge in [0.15, 0.2) is 0 Å².